The summed E-state index contributed by atoms with van der Waals surface area (Å²) in [5.41, 5.74) is 2.71. The SMILES string of the molecule is O=[N+]([O-])c1ccc(/C=N/Nc2nnc(Cl)c3ccccc23)o1. The Morgan fingerprint density at radius 1 is 1.23 bits per heavy atom. The average Bonchev–Trinajstić information content (AvgIpc) is 2.99. The number of furan rings is 1. The molecule has 9 heteroatoms. The molecule has 22 heavy (non-hydrogen) atoms. The first-order chi connectivity index (χ1) is 10.6. The number of rotatable bonds is 4. The number of hydrazone groups is 1. The predicted molar refractivity (Wildman–Crippen MR) is 81.1 cm³/mol. The minimum Gasteiger partial charge on any atom is -0.400 e. The first-order valence-electron chi connectivity index (χ1n) is 6.09. The third kappa shape index (κ3) is 2.72. The third-order valence-electron chi connectivity index (χ3n) is 2.80. The lowest BCUT2D eigenvalue weighted by molar-refractivity contribution is -0.402. The summed E-state index contributed by atoms with van der Waals surface area (Å²) in [4.78, 5) is 9.89. The van der Waals surface area contributed by atoms with Crippen LogP contribution in [0.2, 0.25) is 5.15 Å². The molecule has 0 radical (unpaired) electrons. The second-order valence-corrected chi connectivity index (χ2v) is 4.55. The minimum atomic E-state index is -0.622. The van der Waals surface area contributed by atoms with Crippen LogP contribution >= 0.6 is 11.6 Å². The number of aromatic nitrogens is 2. The van der Waals surface area contributed by atoms with Gasteiger partial charge in [0.05, 0.1) is 12.3 Å². The molecule has 110 valence electrons. The van der Waals surface area contributed by atoms with Crippen molar-refractivity contribution in [2.75, 3.05) is 5.43 Å². The van der Waals surface area contributed by atoms with Crippen molar-refractivity contribution in [3.63, 3.8) is 0 Å². The molecule has 1 aromatic carbocycles. The van der Waals surface area contributed by atoms with Gasteiger partial charge in [-0.1, -0.05) is 35.9 Å². The number of benzene rings is 1. The highest BCUT2D eigenvalue weighted by molar-refractivity contribution is 6.34. The highest BCUT2D eigenvalue weighted by Gasteiger charge is 2.10. The highest BCUT2D eigenvalue weighted by Crippen LogP contribution is 2.25. The summed E-state index contributed by atoms with van der Waals surface area (Å²) in [6, 6.07) is 10.0. The molecule has 0 amide bonds. The lowest BCUT2D eigenvalue weighted by atomic mass is 10.2. The van der Waals surface area contributed by atoms with Gasteiger partial charge >= 0.3 is 5.88 Å². The van der Waals surface area contributed by atoms with E-state index in [-0.39, 0.29) is 11.6 Å². The molecule has 0 aliphatic heterocycles. The van der Waals surface area contributed by atoms with Gasteiger partial charge in [-0.15, -0.1) is 10.2 Å². The van der Waals surface area contributed by atoms with Crippen molar-refractivity contribution in [1.82, 2.24) is 10.2 Å². The lowest BCUT2D eigenvalue weighted by Crippen LogP contribution is -1.97. The van der Waals surface area contributed by atoms with Crippen LogP contribution in [0.1, 0.15) is 5.76 Å². The number of nitrogens with one attached hydrogen (secondary N) is 1. The maximum absolute atomic E-state index is 10.5. The molecule has 0 fully saturated rings. The number of hydrogen-bond donors (Lipinski definition) is 1. The van der Waals surface area contributed by atoms with Crippen LogP contribution in [-0.4, -0.2) is 21.3 Å². The summed E-state index contributed by atoms with van der Waals surface area (Å²) in [5, 5.41) is 24.0. The van der Waals surface area contributed by atoms with Gasteiger partial charge in [-0.05, 0) is 6.07 Å². The van der Waals surface area contributed by atoms with E-state index in [1.54, 1.807) is 0 Å². The molecule has 0 spiro atoms. The monoisotopic (exact) mass is 317 g/mol. The Kier molecular flexibility index (Phi) is 3.67. The van der Waals surface area contributed by atoms with E-state index in [4.69, 9.17) is 16.0 Å². The Labute approximate surface area is 128 Å². The smallest absolute Gasteiger partial charge is 0.400 e. The molecular weight excluding hydrogens is 310 g/mol. The predicted octanol–water partition coefficient (Wildman–Crippen LogP) is 3.23. The van der Waals surface area contributed by atoms with Gasteiger partial charge in [0.25, 0.3) is 0 Å². The molecule has 3 aromatic rings. The summed E-state index contributed by atoms with van der Waals surface area (Å²) < 4.78 is 4.94. The standard InChI is InChI=1S/C13H8ClN5O3/c14-12-9-3-1-2-4-10(9)13(18-16-12)17-15-7-8-5-6-11(22-8)19(20)21/h1-7H,(H,17,18)/b15-7+. The number of halogens is 1. The quantitative estimate of drug-likeness (QED) is 0.450. The summed E-state index contributed by atoms with van der Waals surface area (Å²) in [5.74, 6) is 0.306. The van der Waals surface area contributed by atoms with E-state index in [1.165, 1.54) is 18.3 Å². The molecule has 1 N–H and O–H groups in total. The van der Waals surface area contributed by atoms with Gasteiger partial charge in [0.2, 0.25) is 0 Å². The van der Waals surface area contributed by atoms with Crippen molar-refractivity contribution in [3.05, 3.63) is 57.4 Å². The Morgan fingerprint density at radius 3 is 2.73 bits per heavy atom. The van der Waals surface area contributed by atoms with E-state index >= 15 is 0 Å². The van der Waals surface area contributed by atoms with Gasteiger partial charge in [0.1, 0.15) is 4.92 Å². The van der Waals surface area contributed by atoms with Crippen LogP contribution in [0.4, 0.5) is 11.7 Å². The van der Waals surface area contributed by atoms with Gasteiger partial charge in [-0.3, -0.25) is 15.5 Å². The van der Waals surface area contributed by atoms with Gasteiger partial charge in [-0.25, -0.2) is 0 Å². The molecular formula is C13H8ClN5O3. The number of fused-ring (bicyclic) bond motifs is 1. The summed E-state index contributed by atoms with van der Waals surface area (Å²) >= 11 is 5.97. The largest absolute Gasteiger partial charge is 0.433 e. The Bertz CT molecular complexity index is 877. The molecule has 3 rings (SSSR count). The van der Waals surface area contributed by atoms with Crippen molar-refractivity contribution in [1.29, 1.82) is 0 Å². The van der Waals surface area contributed by atoms with Crippen LogP contribution in [0.5, 0.6) is 0 Å². The zero-order valence-electron chi connectivity index (χ0n) is 10.9. The molecule has 8 nitrogen and oxygen atoms in total. The second-order valence-electron chi connectivity index (χ2n) is 4.19. The van der Waals surface area contributed by atoms with Crippen molar-refractivity contribution in [2.45, 2.75) is 0 Å². The van der Waals surface area contributed by atoms with Crippen LogP contribution < -0.4 is 5.43 Å². The van der Waals surface area contributed by atoms with Crippen LogP contribution in [0.15, 0.2) is 45.9 Å². The molecule has 0 unspecified atom stereocenters. The van der Waals surface area contributed by atoms with Crippen molar-refractivity contribution in [2.24, 2.45) is 5.10 Å². The minimum absolute atomic E-state index is 0.241. The summed E-state index contributed by atoms with van der Waals surface area (Å²) in [7, 11) is 0. The maximum atomic E-state index is 10.5. The number of nitro groups is 1. The van der Waals surface area contributed by atoms with Crippen LogP contribution in [0.3, 0.4) is 0 Å². The second kappa shape index (κ2) is 5.78. The van der Waals surface area contributed by atoms with E-state index in [9.17, 15) is 10.1 Å². The number of anilines is 1. The fraction of sp³-hybridized carbons (Fsp3) is 0. The summed E-state index contributed by atoms with van der Waals surface area (Å²) in [6.07, 6.45) is 1.30. The van der Waals surface area contributed by atoms with Crippen molar-refractivity contribution >= 4 is 40.3 Å². The van der Waals surface area contributed by atoms with E-state index in [1.807, 2.05) is 24.3 Å². The number of hydrogen-bond acceptors (Lipinski definition) is 7. The first-order valence-corrected chi connectivity index (χ1v) is 6.47. The lowest BCUT2D eigenvalue weighted by Gasteiger charge is -2.04. The van der Waals surface area contributed by atoms with Gasteiger partial charge in [0.15, 0.2) is 16.7 Å². The Morgan fingerprint density at radius 2 is 2.00 bits per heavy atom. The van der Waals surface area contributed by atoms with Crippen molar-refractivity contribution in [3.8, 4) is 0 Å². The van der Waals surface area contributed by atoms with Crippen molar-refractivity contribution < 1.29 is 9.34 Å². The van der Waals surface area contributed by atoms with Crippen LogP contribution in [0, 0.1) is 10.1 Å². The molecule has 0 bridgehead atoms. The van der Waals surface area contributed by atoms with Gasteiger partial charge in [0, 0.05) is 10.8 Å². The topological polar surface area (TPSA) is 106 Å². The normalized spacial score (nSPS) is 11.1. The zero-order valence-corrected chi connectivity index (χ0v) is 11.7. The molecule has 0 aliphatic carbocycles. The summed E-state index contributed by atoms with van der Waals surface area (Å²) in [6.45, 7) is 0. The van der Waals surface area contributed by atoms with Gasteiger partial charge < -0.3 is 4.42 Å². The third-order valence-corrected chi connectivity index (χ3v) is 3.08. The van der Waals surface area contributed by atoms with E-state index < -0.39 is 4.92 Å². The van der Waals surface area contributed by atoms with E-state index in [0.29, 0.717) is 11.0 Å². The highest BCUT2D eigenvalue weighted by atomic mass is 35.5. The Hall–Kier alpha value is -3.00. The van der Waals surface area contributed by atoms with Crippen LogP contribution in [-0.2, 0) is 0 Å². The fourth-order valence-electron chi connectivity index (χ4n) is 1.82. The molecule has 2 aromatic heterocycles. The average molecular weight is 318 g/mol. The van der Waals surface area contributed by atoms with E-state index in [2.05, 4.69) is 20.7 Å². The fourth-order valence-corrected chi connectivity index (χ4v) is 2.02. The molecule has 0 saturated carbocycles. The van der Waals surface area contributed by atoms with E-state index in [0.717, 1.165) is 10.8 Å². The molecule has 0 atom stereocenters. The molecule has 0 aliphatic rings. The zero-order chi connectivity index (χ0) is 15.5. The number of nitrogens with zero attached hydrogens (tertiary/aromatic N) is 4. The van der Waals surface area contributed by atoms with Crippen LogP contribution in [0.25, 0.3) is 10.8 Å². The molecule has 0 saturated heterocycles. The first kappa shape index (κ1) is 14.0. The molecule has 2 heterocycles. The maximum Gasteiger partial charge on any atom is 0.433 e. The Balaban J connectivity index is 1.83. The van der Waals surface area contributed by atoms with Gasteiger partial charge in [-0.2, -0.15) is 5.10 Å².